The van der Waals surface area contributed by atoms with Crippen LogP contribution in [0.3, 0.4) is 0 Å². The molecule has 0 saturated heterocycles. The quantitative estimate of drug-likeness (QED) is 0.687. The molecule has 29 heavy (non-hydrogen) atoms. The van der Waals surface area contributed by atoms with Gasteiger partial charge in [-0.05, 0) is 31.0 Å². The van der Waals surface area contributed by atoms with Crippen molar-refractivity contribution < 1.29 is 22.0 Å². The van der Waals surface area contributed by atoms with Crippen LogP contribution in [0.4, 0.5) is 8.78 Å². The highest BCUT2D eigenvalue weighted by Crippen LogP contribution is 2.26. The summed E-state index contributed by atoms with van der Waals surface area (Å²) in [6.07, 6.45) is 6.12. The van der Waals surface area contributed by atoms with Gasteiger partial charge in [0.2, 0.25) is 15.9 Å². The fraction of sp³-hybridized carbons (Fsp3) is 0.400. The third kappa shape index (κ3) is 4.97. The molecule has 1 aliphatic rings. The van der Waals surface area contributed by atoms with E-state index in [2.05, 4.69) is 4.98 Å². The molecule has 0 bridgehead atoms. The van der Waals surface area contributed by atoms with Crippen molar-refractivity contribution in [1.82, 2.24) is 14.2 Å². The molecule has 0 N–H and O–H groups in total. The fourth-order valence-corrected chi connectivity index (χ4v) is 4.60. The average molecular weight is 423 g/mol. The van der Waals surface area contributed by atoms with Crippen LogP contribution in [-0.4, -0.2) is 48.1 Å². The number of hydrogen-bond acceptors (Lipinski definition) is 4. The lowest BCUT2D eigenvalue weighted by atomic mass is 10.1. The fourth-order valence-electron chi connectivity index (χ4n) is 3.52. The number of rotatable bonds is 7. The van der Waals surface area contributed by atoms with Crippen molar-refractivity contribution in [3.8, 4) is 0 Å². The van der Waals surface area contributed by atoms with E-state index in [1.165, 1.54) is 42.5 Å². The third-order valence-corrected chi connectivity index (χ3v) is 6.93. The second-order valence-electron chi connectivity index (χ2n) is 7.15. The third-order valence-electron chi connectivity index (χ3n) is 5.14. The molecule has 6 nitrogen and oxygen atoms in total. The van der Waals surface area contributed by atoms with Crippen molar-refractivity contribution >= 4 is 15.9 Å². The van der Waals surface area contributed by atoms with E-state index in [4.69, 9.17) is 0 Å². The number of nitrogens with zero attached hydrogens (tertiary/aromatic N) is 3. The Morgan fingerprint density at radius 2 is 1.93 bits per heavy atom. The van der Waals surface area contributed by atoms with Gasteiger partial charge in [0.25, 0.3) is 0 Å². The van der Waals surface area contributed by atoms with E-state index in [1.54, 1.807) is 0 Å². The molecule has 1 heterocycles. The van der Waals surface area contributed by atoms with Gasteiger partial charge < -0.3 is 4.90 Å². The van der Waals surface area contributed by atoms with Gasteiger partial charge in [-0.2, -0.15) is 4.31 Å². The molecule has 3 rings (SSSR count). The van der Waals surface area contributed by atoms with Gasteiger partial charge in [-0.1, -0.05) is 18.9 Å². The molecule has 1 saturated carbocycles. The lowest BCUT2D eigenvalue weighted by Crippen LogP contribution is -2.45. The van der Waals surface area contributed by atoms with Gasteiger partial charge in [0.1, 0.15) is 16.5 Å². The monoisotopic (exact) mass is 423 g/mol. The smallest absolute Gasteiger partial charge is 0.244 e. The van der Waals surface area contributed by atoms with E-state index in [0.29, 0.717) is 0 Å². The molecule has 156 valence electrons. The molecule has 2 aromatic rings. The van der Waals surface area contributed by atoms with Gasteiger partial charge in [-0.15, -0.1) is 0 Å². The van der Waals surface area contributed by atoms with E-state index < -0.39 is 27.6 Å². The molecular weight excluding hydrogens is 400 g/mol. The summed E-state index contributed by atoms with van der Waals surface area (Å²) in [5.41, 5.74) is 0.199. The largest absolute Gasteiger partial charge is 0.334 e. The van der Waals surface area contributed by atoms with Gasteiger partial charge >= 0.3 is 0 Å². The van der Waals surface area contributed by atoms with Crippen LogP contribution >= 0.6 is 0 Å². The number of sulfonamides is 1. The van der Waals surface area contributed by atoms with Gasteiger partial charge in [-0.3, -0.25) is 9.78 Å². The first-order chi connectivity index (χ1) is 13.8. The summed E-state index contributed by atoms with van der Waals surface area (Å²) >= 11 is 0. The highest BCUT2D eigenvalue weighted by atomic mass is 32.2. The maximum absolute atomic E-state index is 14.1. The Labute approximate surface area is 169 Å². The van der Waals surface area contributed by atoms with Crippen molar-refractivity contribution in [3.63, 3.8) is 0 Å². The normalized spacial score (nSPS) is 15.0. The number of pyridine rings is 1. The minimum absolute atomic E-state index is 0.00713. The standard InChI is InChI=1S/C20H23F2N3O3S/c1-24(29(27,28)18-7-4-10-23-12-18)14-20(26)25(17-5-2-3-6-17)13-15-8-9-16(21)11-19(15)22/h4,7-12,17H,2-3,5-6,13-14H2,1H3. The first-order valence-electron chi connectivity index (χ1n) is 9.39. The van der Waals surface area contributed by atoms with Crippen LogP contribution in [0, 0.1) is 11.6 Å². The summed E-state index contributed by atoms with van der Waals surface area (Å²) in [4.78, 5) is 18.3. The molecule has 0 unspecified atom stereocenters. The van der Waals surface area contributed by atoms with Gasteiger partial charge in [0.15, 0.2) is 0 Å². The topological polar surface area (TPSA) is 70.6 Å². The Hall–Kier alpha value is -2.39. The van der Waals surface area contributed by atoms with Crippen LogP contribution in [-0.2, 0) is 21.4 Å². The van der Waals surface area contributed by atoms with E-state index in [-0.39, 0.29) is 29.6 Å². The first-order valence-corrected chi connectivity index (χ1v) is 10.8. The lowest BCUT2D eigenvalue weighted by Gasteiger charge is -2.31. The number of carbonyl (C=O) groups excluding carboxylic acids is 1. The van der Waals surface area contributed by atoms with Crippen molar-refractivity contribution in [1.29, 1.82) is 0 Å². The number of aromatic nitrogens is 1. The van der Waals surface area contributed by atoms with Gasteiger partial charge in [0, 0.05) is 43.7 Å². The number of carbonyl (C=O) groups is 1. The molecule has 0 aliphatic heterocycles. The van der Waals surface area contributed by atoms with Crippen LogP contribution in [0.15, 0.2) is 47.6 Å². The van der Waals surface area contributed by atoms with Crippen molar-refractivity contribution in [2.75, 3.05) is 13.6 Å². The van der Waals surface area contributed by atoms with Gasteiger partial charge in [0.05, 0.1) is 6.54 Å². The summed E-state index contributed by atoms with van der Waals surface area (Å²) in [5.74, 6) is -1.83. The molecule has 0 atom stereocenters. The second kappa shape index (κ2) is 8.96. The average Bonchev–Trinajstić information content (AvgIpc) is 3.22. The lowest BCUT2D eigenvalue weighted by molar-refractivity contribution is -0.134. The number of likely N-dealkylation sites (N-methyl/N-ethyl adjacent to an activating group) is 1. The number of benzene rings is 1. The van der Waals surface area contributed by atoms with Crippen molar-refractivity contribution in [2.45, 2.75) is 43.2 Å². The Morgan fingerprint density at radius 3 is 2.55 bits per heavy atom. The van der Waals surface area contributed by atoms with Crippen LogP contribution in [0.25, 0.3) is 0 Å². The van der Waals surface area contributed by atoms with Crippen molar-refractivity contribution in [2.24, 2.45) is 0 Å². The number of hydrogen-bond donors (Lipinski definition) is 0. The van der Waals surface area contributed by atoms with Crippen LogP contribution in [0.2, 0.25) is 0 Å². The van der Waals surface area contributed by atoms with Crippen LogP contribution in [0.1, 0.15) is 31.2 Å². The first kappa shape index (κ1) is 21.3. The second-order valence-corrected chi connectivity index (χ2v) is 9.19. The molecule has 1 amide bonds. The summed E-state index contributed by atoms with van der Waals surface area (Å²) in [6, 6.07) is 6.06. The van der Waals surface area contributed by atoms with E-state index >= 15 is 0 Å². The summed E-state index contributed by atoms with van der Waals surface area (Å²) in [6.45, 7) is -0.410. The minimum atomic E-state index is -3.88. The van der Waals surface area contributed by atoms with E-state index in [9.17, 15) is 22.0 Å². The maximum Gasteiger partial charge on any atom is 0.244 e. The highest BCUT2D eigenvalue weighted by molar-refractivity contribution is 7.89. The molecule has 1 aromatic heterocycles. The molecule has 1 aromatic carbocycles. The van der Waals surface area contributed by atoms with Crippen LogP contribution < -0.4 is 0 Å². The molecule has 1 fully saturated rings. The van der Waals surface area contributed by atoms with E-state index in [1.807, 2.05) is 0 Å². The molecular formula is C20H23F2N3O3S. The number of amides is 1. The predicted octanol–water partition coefficient (Wildman–Crippen LogP) is 2.95. The zero-order chi connectivity index (χ0) is 21.0. The maximum atomic E-state index is 14.1. The van der Waals surface area contributed by atoms with E-state index in [0.717, 1.165) is 42.1 Å². The molecule has 0 radical (unpaired) electrons. The summed E-state index contributed by atoms with van der Waals surface area (Å²) in [5, 5.41) is 0. The van der Waals surface area contributed by atoms with Crippen molar-refractivity contribution in [3.05, 3.63) is 59.9 Å². The Bertz CT molecular complexity index is 964. The zero-order valence-corrected chi connectivity index (χ0v) is 16.9. The summed E-state index contributed by atoms with van der Waals surface area (Å²) in [7, 11) is -2.55. The Morgan fingerprint density at radius 1 is 1.21 bits per heavy atom. The Balaban J connectivity index is 1.79. The predicted molar refractivity (Wildman–Crippen MR) is 103 cm³/mol. The minimum Gasteiger partial charge on any atom is -0.334 e. The van der Waals surface area contributed by atoms with Crippen LogP contribution in [0.5, 0.6) is 0 Å². The molecule has 0 spiro atoms. The van der Waals surface area contributed by atoms with Gasteiger partial charge in [-0.25, -0.2) is 17.2 Å². The molecule has 9 heteroatoms. The molecule has 1 aliphatic carbocycles. The number of halogens is 2. The summed E-state index contributed by atoms with van der Waals surface area (Å²) < 4.78 is 53.7. The highest BCUT2D eigenvalue weighted by Gasteiger charge is 2.31. The SMILES string of the molecule is CN(CC(=O)N(Cc1ccc(F)cc1F)C1CCCC1)S(=O)(=O)c1cccnc1. The zero-order valence-electron chi connectivity index (χ0n) is 16.1. The Kier molecular flexibility index (Phi) is 6.59.